The molecule has 1 N–H and O–H groups in total. The van der Waals surface area contributed by atoms with Gasteiger partial charge in [-0.05, 0) is 163 Å². The Morgan fingerprint density at radius 2 is 1.03 bits per heavy atom. The van der Waals surface area contributed by atoms with Gasteiger partial charge in [0, 0.05) is 76.9 Å². The molecular formula is C58H74N6O3. The minimum Gasteiger partial charge on any atom is -0.490 e. The van der Waals surface area contributed by atoms with E-state index in [9.17, 15) is 4.79 Å². The Labute approximate surface area is 400 Å². The molecule has 4 aliphatic rings. The fourth-order valence-corrected chi connectivity index (χ4v) is 10.3. The number of hydrogen-bond acceptors (Lipinski definition) is 9. The summed E-state index contributed by atoms with van der Waals surface area (Å²) in [4.78, 5) is 26.9. The number of carbonyl (C=O) groups is 1. The molecule has 0 amide bonds. The van der Waals surface area contributed by atoms with Crippen LogP contribution in [0.5, 0.6) is 11.5 Å². The van der Waals surface area contributed by atoms with Crippen molar-refractivity contribution in [3.8, 4) is 11.5 Å². The van der Waals surface area contributed by atoms with E-state index in [0.717, 1.165) is 136 Å². The van der Waals surface area contributed by atoms with E-state index in [2.05, 4.69) is 118 Å². The third-order valence-corrected chi connectivity index (χ3v) is 14.6. The third kappa shape index (κ3) is 13.8. The number of hydrogen-bond donors (Lipinski definition) is 1. The molecule has 2 saturated heterocycles. The molecular weight excluding hydrogens is 829 g/mol. The number of benzene rings is 4. The lowest BCUT2D eigenvalue weighted by molar-refractivity contribution is 0.112. The van der Waals surface area contributed by atoms with E-state index < -0.39 is 0 Å². The number of aromatic nitrogens is 2. The molecule has 67 heavy (non-hydrogen) atoms. The molecule has 2 aliphatic carbocycles. The number of nitrogens with zero attached hydrogens (tertiary/aromatic N) is 5. The summed E-state index contributed by atoms with van der Waals surface area (Å²) in [5, 5.41) is 8.09. The molecule has 4 heterocycles. The van der Waals surface area contributed by atoms with Crippen LogP contribution in [-0.2, 0) is 6.54 Å². The highest BCUT2D eigenvalue weighted by atomic mass is 16.5. The van der Waals surface area contributed by atoms with Crippen molar-refractivity contribution in [1.29, 1.82) is 0 Å². The van der Waals surface area contributed by atoms with Crippen LogP contribution in [0.3, 0.4) is 0 Å². The monoisotopic (exact) mass is 903 g/mol. The van der Waals surface area contributed by atoms with Gasteiger partial charge in [0.2, 0.25) is 0 Å². The Morgan fingerprint density at radius 3 is 1.52 bits per heavy atom. The summed E-state index contributed by atoms with van der Waals surface area (Å²) in [6, 6.07) is 37.6. The van der Waals surface area contributed by atoms with E-state index in [1.807, 2.05) is 60.9 Å². The maximum absolute atomic E-state index is 10.8. The molecule has 6 aromatic rings. The van der Waals surface area contributed by atoms with E-state index in [-0.39, 0.29) is 0 Å². The van der Waals surface area contributed by atoms with Gasteiger partial charge >= 0.3 is 0 Å². The molecule has 2 saturated carbocycles. The Bertz CT molecular complexity index is 2420. The SMILES string of the molecule is CC(C)C1CCC(Oc2ccc3cc(C=O)ccc3c2)CC1.CC(C)C1CCC(Oc2ccc3cc(CN4CCN(c5ccccn5)CC4)ccc3c2)CC1.c1ccc(N2CCNCC2)nc1. The molecule has 4 aromatic carbocycles. The van der Waals surface area contributed by atoms with Crippen LogP contribution in [0.1, 0.15) is 95.0 Å². The van der Waals surface area contributed by atoms with Crippen LogP contribution in [0.15, 0.2) is 122 Å². The fourth-order valence-electron chi connectivity index (χ4n) is 10.3. The lowest BCUT2D eigenvalue weighted by Gasteiger charge is -2.35. The van der Waals surface area contributed by atoms with Crippen molar-refractivity contribution in [1.82, 2.24) is 20.2 Å². The van der Waals surface area contributed by atoms with Gasteiger partial charge in [-0.15, -0.1) is 0 Å². The van der Waals surface area contributed by atoms with Crippen molar-refractivity contribution in [2.75, 3.05) is 62.2 Å². The molecule has 2 aromatic heterocycles. The molecule has 9 heteroatoms. The average molecular weight is 903 g/mol. The number of carbonyl (C=O) groups excluding carboxylic acids is 1. The summed E-state index contributed by atoms with van der Waals surface area (Å²) in [6.07, 6.45) is 15.2. The fraction of sp³-hybridized carbons (Fsp3) is 0.466. The van der Waals surface area contributed by atoms with E-state index in [1.165, 1.54) is 54.9 Å². The van der Waals surface area contributed by atoms with Gasteiger partial charge in [0.15, 0.2) is 0 Å². The van der Waals surface area contributed by atoms with Gasteiger partial charge in [-0.2, -0.15) is 0 Å². The number of pyridine rings is 2. The van der Waals surface area contributed by atoms with Crippen LogP contribution >= 0.6 is 0 Å². The van der Waals surface area contributed by atoms with E-state index in [0.29, 0.717) is 17.8 Å². The van der Waals surface area contributed by atoms with Crippen molar-refractivity contribution in [2.45, 2.75) is 97.8 Å². The highest BCUT2D eigenvalue weighted by molar-refractivity contribution is 5.89. The number of ether oxygens (including phenoxy) is 2. The summed E-state index contributed by atoms with van der Waals surface area (Å²) in [5.41, 5.74) is 2.10. The van der Waals surface area contributed by atoms with Crippen molar-refractivity contribution >= 4 is 39.5 Å². The quantitative estimate of drug-likeness (QED) is 0.128. The van der Waals surface area contributed by atoms with E-state index >= 15 is 0 Å². The number of piperazine rings is 2. The smallest absolute Gasteiger partial charge is 0.150 e. The molecule has 10 rings (SSSR count). The van der Waals surface area contributed by atoms with Crippen LogP contribution in [0.25, 0.3) is 21.5 Å². The minimum atomic E-state index is 0.349. The predicted molar refractivity (Wildman–Crippen MR) is 277 cm³/mol. The van der Waals surface area contributed by atoms with Crippen molar-refractivity contribution in [3.63, 3.8) is 0 Å². The normalized spacial score (nSPS) is 21.3. The molecule has 354 valence electrons. The average Bonchev–Trinajstić information content (AvgIpc) is 3.38. The van der Waals surface area contributed by atoms with Crippen molar-refractivity contribution in [2.24, 2.45) is 23.7 Å². The maximum atomic E-state index is 10.8. The summed E-state index contributed by atoms with van der Waals surface area (Å²) in [7, 11) is 0. The first-order chi connectivity index (χ1) is 32.8. The number of nitrogens with one attached hydrogen (secondary N) is 1. The van der Waals surface area contributed by atoms with Crippen LogP contribution in [0.2, 0.25) is 0 Å². The zero-order valence-electron chi connectivity index (χ0n) is 40.6. The lowest BCUT2D eigenvalue weighted by Crippen LogP contribution is -2.46. The molecule has 9 nitrogen and oxygen atoms in total. The lowest BCUT2D eigenvalue weighted by atomic mass is 9.80. The van der Waals surface area contributed by atoms with Crippen LogP contribution in [-0.4, -0.2) is 85.7 Å². The predicted octanol–water partition coefficient (Wildman–Crippen LogP) is 11.9. The number of aldehydes is 1. The zero-order chi connectivity index (χ0) is 46.4. The van der Waals surface area contributed by atoms with E-state index in [1.54, 1.807) is 0 Å². The molecule has 0 radical (unpaired) electrons. The third-order valence-electron chi connectivity index (χ3n) is 14.6. The Morgan fingerprint density at radius 1 is 0.552 bits per heavy atom. The largest absolute Gasteiger partial charge is 0.490 e. The topological polar surface area (TPSA) is 83.1 Å². The molecule has 4 fully saturated rings. The van der Waals surface area contributed by atoms with Crippen LogP contribution in [0.4, 0.5) is 11.6 Å². The first kappa shape index (κ1) is 48.0. The zero-order valence-corrected chi connectivity index (χ0v) is 40.6. The highest BCUT2D eigenvalue weighted by Gasteiger charge is 2.26. The van der Waals surface area contributed by atoms with Crippen LogP contribution < -0.4 is 24.6 Å². The molecule has 0 spiro atoms. The molecule has 0 bridgehead atoms. The van der Waals surface area contributed by atoms with Gasteiger partial charge in [-0.25, -0.2) is 9.97 Å². The van der Waals surface area contributed by atoms with Gasteiger partial charge in [-0.1, -0.05) is 76.2 Å². The second-order valence-corrected chi connectivity index (χ2v) is 19.9. The van der Waals surface area contributed by atoms with Gasteiger partial charge in [0.05, 0.1) is 12.2 Å². The Balaban J connectivity index is 0.000000153. The highest BCUT2D eigenvalue weighted by Crippen LogP contribution is 2.34. The number of fused-ring (bicyclic) bond motifs is 2. The second-order valence-electron chi connectivity index (χ2n) is 19.9. The van der Waals surface area contributed by atoms with Crippen molar-refractivity contribution in [3.05, 3.63) is 133 Å². The molecule has 0 unspecified atom stereocenters. The first-order valence-corrected chi connectivity index (χ1v) is 25.4. The maximum Gasteiger partial charge on any atom is 0.150 e. The minimum absolute atomic E-state index is 0.349. The van der Waals surface area contributed by atoms with Crippen LogP contribution in [0, 0.1) is 23.7 Å². The van der Waals surface area contributed by atoms with Gasteiger partial charge in [-0.3, -0.25) is 9.69 Å². The summed E-state index contributed by atoms with van der Waals surface area (Å²) in [6.45, 7) is 18.8. The second kappa shape index (κ2) is 24.0. The van der Waals surface area contributed by atoms with Crippen molar-refractivity contribution < 1.29 is 14.3 Å². The Kier molecular flexibility index (Phi) is 17.2. The van der Waals surface area contributed by atoms with Gasteiger partial charge in [0.1, 0.15) is 29.4 Å². The Hall–Kier alpha value is -5.51. The van der Waals surface area contributed by atoms with Gasteiger partial charge < -0.3 is 24.6 Å². The number of anilines is 2. The molecule has 0 atom stereocenters. The summed E-state index contributed by atoms with van der Waals surface area (Å²) in [5.74, 6) is 7.47. The standard InChI is InChI=1S/C29H37N3O.C20H24O2.C9H13N3/c1-22(2)24-8-11-27(12-9-24)33-28-13-10-25-19-23(6-7-26(25)20-28)21-31-15-17-32(18-16-31)29-5-3-4-14-30-29;1-14(2)16-5-8-19(9-6-16)22-20-10-7-17-11-15(13-21)3-4-18(17)12-20;1-2-4-11-9(3-1)12-7-5-10-6-8-12/h3-7,10,13-14,19-20,22,24,27H,8-9,11-12,15-18,21H2,1-2H3;3-4,7,10-14,16,19H,5-6,8-9H2,1-2H3;1-4,10H,5-8H2. The number of rotatable bonds is 11. The summed E-state index contributed by atoms with van der Waals surface area (Å²) >= 11 is 0. The van der Waals surface area contributed by atoms with Gasteiger partial charge in [0.25, 0.3) is 0 Å². The van der Waals surface area contributed by atoms with E-state index in [4.69, 9.17) is 9.47 Å². The first-order valence-electron chi connectivity index (χ1n) is 25.4. The summed E-state index contributed by atoms with van der Waals surface area (Å²) < 4.78 is 12.6. The molecule has 2 aliphatic heterocycles.